The summed E-state index contributed by atoms with van der Waals surface area (Å²) in [6, 6.07) is 19.9. The highest BCUT2D eigenvalue weighted by Gasteiger charge is 2.31. The second-order valence-corrected chi connectivity index (χ2v) is 7.96. The third-order valence-corrected chi connectivity index (χ3v) is 5.70. The highest BCUT2D eigenvalue weighted by atomic mass is 16.5. The molecule has 7 heteroatoms. The van der Waals surface area contributed by atoms with Gasteiger partial charge in [-0.15, -0.1) is 0 Å². The first-order valence-electron chi connectivity index (χ1n) is 11.0. The number of benzene rings is 2. The third kappa shape index (κ3) is 5.42. The fourth-order valence-electron chi connectivity index (χ4n) is 3.88. The Hall–Kier alpha value is -3.45. The molecule has 1 aromatic heterocycles. The number of carbonyl (C=O) groups excluding carboxylic acids is 2. The number of nitrogens with one attached hydrogen (secondary N) is 2. The second-order valence-electron chi connectivity index (χ2n) is 7.96. The molecule has 1 atom stereocenters. The van der Waals surface area contributed by atoms with Crippen molar-refractivity contribution in [3.8, 4) is 11.1 Å². The summed E-state index contributed by atoms with van der Waals surface area (Å²) in [6.07, 6.45) is 0.879. The largest absolute Gasteiger partial charge is 0.359 e. The first kappa shape index (κ1) is 21.8. The molecule has 1 aliphatic heterocycles. The Morgan fingerprint density at radius 1 is 1.16 bits per heavy atom. The van der Waals surface area contributed by atoms with Gasteiger partial charge in [0.2, 0.25) is 11.8 Å². The molecule has 3 aromatic rings. The van der Waals surface area contributed by atoms with Crippen LogP contribution in [0.2, 0.25) is 0 Å². The first-order valence-corrected chi connectivity index (χ1v) is 11.0. The maximum Gasteiger partial charge on any atom is 0.237 e. The third-order valence-electron chi connectivity index (χ3n) is 5.70. The van der Waals surface area contributed by atoms with Crippen molar-refractivity contribution in [2.75, 3.05) is 13.1 Å². The number of nitrogens with zero attached hydrogens (tertiary/aromatic N) is 2. The van der Waals surface area contributed by atoms with E-state index in [0.29, 0.717) is 25.4 Å². The number of piperazine rings is 1. The van der Waals surface area contributed by atoms with E-state index in [9.17, 15) is 9.59 Å². The highest BCUT2D eigenvalue weighted by Crippen LogP contribution is 2.21. The Kier molecular flexibility index (Phi) is 6.97. The summed E-state index contributed by atoms with van der Waals surface area (Å²) >= 11 is 0. The molecular formula is C25H28N4O3. The monoisotopic (exact) mass is 432 g/mol. The number of carbonyl (C=O) groups is 2. The van der Waals surface area contributed by atoms with Gasteiger partial charge in [0.1, 0.15) is 0 Å². The molecule has 32 heavy (non-hydrogen) atoms. The molecule has 7 nitrogen and oxygen atoms in total. The minimum atomic E-state index is -0.501. The average Bonchev–Trinajstić information content (AvgIpc) is 3.29. The molecule has 1 saturated heterocycles. The van der Waals surface area contributed by atoms with Crippen molar-refractivity contribution in [3.63, 3.8) is 0 Å². The van der Waals surface area contributed by atoms with Gasteiger partial charge in [0, 0.05) is 25.7 Å². The van der Waals surface area contributed by atoms with Crippen molar-refractivity contribution in [1.29, 1.82) is 0 Å². The van der Waals surface area contributed by atoms with Gasteiger partial charge in [0.05, 0.1) is 24.7 Å². The molecule has 4 rings (SSSR count). The van der Waals surface area contributed by atoms with Crippen LogP contribution in [-0.2, 0) is 29.1 Å². The van der Waals surface area contributed by atoms with Gasteiger partial charge in [-0.2, -0.15) is 0 Å². The number of amides is 2. The van der Waals surface area contributed by atoms with E-state index >= 15 is 0 Å². The number of hydrogen-bond donors (Lipinski definition) is 2. The van der Waals surface area contributed by atoms with Gasteiger partial charge >= 0.3 is 0 Å². The number of rotatable bonds is 8. The van der Waals surface area contributed by atoms with Crippen molar-refractivity contribution in [2.24, 2.45) is 0 Å². The van der Waals surface area contributed by atoms with Crippen LogP contribution in [0.1, 0.15) is 30.4 Å². The predicted octanol–water partition coefficient (Wildman–Crippen LogP) is 2.91. The van der Waals surface area contributed by atoms with Gasteiger partial charge in [-0.3, -0.25) is 14.5 Å². The van der Waals surface area contributed by atoms with Gasteiger partial charge in [0.15, 0.2) is 5.76 Å². The lowest BCUT2D eigenvalue weighted by Gasteiger charge is -2.34. The Morgan fingerprint density at radius 3 is 2.62 bits per heavy atom. The fraction of sp³-hybridized carbons (Fsp3) is 0.320. The Morgan fingerprint density at radius 2 is 1.91 bits per heavy atom. The summed E-state index contributed by atoms with van der Waals surface area (Å²) in [7, 11) is 0. The Balaban J connectivity index is 1.36. The summed E-state index contributed by atoms with van der Waals surface area (Å²) in [5.74, 6) is 0.310. The van der Waals surface area contributed by atoms with E-state index in [0.717, 1.165) is 23.2 Å². The van der Waals surface area contributed by atoms with E-state index in [2.05, 4.69) is 57.1 Å². The second kappa shape index (κ2) is 10.2. The molecule has 0 saturated carbocycles. The SMILES string of the molecule is CCc1cc(CNC(=O)C[C@H]2C(=O)NCCN2Cc2ccc(-c3ccccc3)cc2)on1. The van der Waals surface area contributed by atoms with Crippen molar-refractivity contribution < 1.29 is 14.1 Å². The van der Waals surface area contributed by atoms with Crippen LogP contribution in [0.25, 0.3) is 11.1 Å². The minimum absolute atomic E-state index is 0.0999. The van der Waals surface area contributed by atoms with Crippen LogP contribution in [0.15, 0.2) is 65.2 Å². The standard InChI is InChI=1S/C25H28N4O3/c1-2-21-14-22(32-28-21)16-27-24(30)15-23-25(31)26-12-13-29(23)17-18-8-10-20(11-9-18)19-6-4-3-5-7-19/h3-11,14,23H,2,12-13,15-17H2,1H3,(H,26,31)(H,27,30)/t23-/m0/s1. The van der Waals surface area contributed by atoms with Gasteiger partial charge in [-0.1, -0.05) is 66.7 Å². The predicted molar refractivity (Wildman–Crippen MR) is 121 cm³/mol. The molecule has 0 unspecified atom stereocenters. The zero-order chi connectivity index (χ0) is 22.3. The molecule has 0 bridgehead atoms. The molecular weight excluding hydrogens is 404 g/mol. The molecule has 1 fully saturated rings. The molecule has 2 heterocycles. The number of aromatic nitrogens is 1. The molecule has 0 aliphatic carbocycles. The molecule has 0 radical (unpaired) electrons. The van der Waals surface area contributed by atoms with E-state index in [4.69, 9.17) is 4.52 Å². The molecule has 2 N–H and O–H groups in total. The van der Waals surface area contributed by atoms with Gasteiger partial charge in [0.25, 0.3) is 0 Å². The molecule has 1 aliphatic rings. The highest BCUT2D eigenvalue weighted by molar-refractivity contribution is 5.88. The van der Waals surface area contributed by atoms with E-state index in [1.165, 1.54) is 5.56 Å². The molecule has 2 aromatic carbocycles. The van der Waals surface area contributed by atoms with Crippen molar-refractivity contribution >= 4 is 11.8 Å². The van der Waals surface area contributed by atoms with Crippen LogP contribution in [0.4, 0.5) is 0 Å². The van der Waals surface area contributed by atoms with Crippen LogP contribution in [-0.4, -0.2) is 41.0 Å². The minimum Gasteiger partial charge on any atom is -0.359 e. The van der Waals surface area contributed by atoms with Crippen LogP contribution in [0.3, 0.4) is 0 Å². The maximum atomic E-state index is 12.5. The number of aryl methyl sites for hydroxylation is 1. The molecule has 166 valence electrons. The van der Waals surface area contributed by atoms with Crippen molar-refractivity contribution in [3.05, 3.63) is 77.7 Å². The molecule has 0 spiro atoms. The van der Waals surface area contributed by atoms with E-state index < -0.39 is 6.04 Å². The van der Waals surface area contributed by atoms with Crippen LogP contribution >= 0.6 is 0 Å². The van der Waals surface area contributed by atoms with Crippen LogP contribution in [0, 0.1) is 0 Å². The van der Waals surface area contributed by atoms with E-state index in [1.807, 2.05) is 31.2 Å². The van der Waals surface area contributed by atoms with Gasteiger partial charge in [-0.05, 0) is 23.1 Å². The Bertz CT molecular complexity index is 1050. The summed E-state index contributed by atoms with van der Waals surface area (Å²) in [5, 5.41) is 9.64. The van der Waals surface area contributed by atoms with Crippen LogP contribution < -0.4 is 10.6 Å². The topological polar surface area (TPSA) is 87.5 Å². The lowest BCUT2D eigenvalue weighted by Crippen LogP contribution is -2.56. The van der Waals surface area contributed by atoms with Crippen molar-refractivity contribution in [2.45, 2.75) is 38.9 Å². The van der Waals surface area contributed by atoms with Crippen LogP contribution in [0.5, 0.6) is 0 Å². The van der Waals surface area contributed by atoms with E-state index in [-0.39, 0.29) is 24.8 Å². The maximum absolute atomic E-state index is 12.5. The van der Waals surface area contributed by atoms with E-state index in [1.54, 1.807) is 0 Å². The quantitative estimate of drug-likeness (QED) is 0.572. The zero-order valence-electron chi connectivity index (χ0n) is 18.2. The van der Waals surface area contributed by atoms with Crippen molar-refractivity contribution in [1.82, 2.24) is 20.7 Å². The molecule has 2 amide bonds. The normalized spacial score (nSPS) is 16.5. The summed E-state index contributed by atoms with van der Waals surface area (Å²) in [6.45, 7) is 4.15. The Labute approximate surface area is 187 Å². The average molecular weight is 433 g/mol. The first-order chi connectivity index (χ1) is 15.6. The fourth-order valence-corrected chi connectivity index (χ4v) is 3.88. The lowest BCUT2D eigenvalue weighted by molar-refractivity contribution is -0.134. The zero-order valence-corrected chi connectivity index (χ0v) is 18.2. The summed E-state index contributed by atoms with van der Waals surface area (Å²) in [5.41, 5.74) is 4.29. The summed E-state index contributed by atoms with van der Waals surface area (Å²) in [4.78, 5) is 27.1. The van der Waals surface area contributed by atoms with Gasteiger partial charge < -0.3 is 15.2 Å². The smallest absolute Gasteiger partial charge is 0.237 e. The van der Waals surface area contributed by atoms with Gasteiger partial charge in [-0.25, -0.2) is 0 Å². The summed E-state index contributed by atoms with van der Waals surface area (Å²) < 4.78 is 5.20. The number of hydrogen-bond acceptors (Lipinski definition) is 5. The lowest BCUT2D eigenvalue weighted by atomic mass is 10.0.